The Morgan fingerprint density at radius 1 is 1.64 bits per heavy atom. The average Bonchev–Trinajstić information content (AvgIpc) is 2.07. The quantitative estimate of drug-likeness (QED) is 0.592. The minimum absolute atomic E-state index is 0.181. The van der Waals surface area contributed by atoms with Crippen LogP contribution in [0.3, 0.4) is 0 Å². The maximum absolute atomic E-state index is 12.7. The molecule has 0 amide bonds. The van der Waals surface area contributed by atoms with Gasteiger partial charge in [-0.3, -0.25) is 10.1 Å². The van der Waals surface area contributed by atoms with Crippen LogP contribution >= 0.6 is 0 Å². The van der Waals surface area contributed by atoms with Gasteiger partial charge in [-0.15, -0.1) is 0 Å². The van der Waals surface area contributed by atoms with Gasteiger partial charge in [-0.1, -0.05) is 0 Å². The summed E-state index contributed by atoms with van der Waals surface area (Å²) in [6, 6.07) is 3.33. The molecular weight excluding hydrogens is 187 g/mol. The largest absolute Gasteiger partial charge is 0.328 e. The second-order valence-corrected chi connectivity index (χ2v) is 3.21. The molecule has 0 bridgehead atoms. The van der Waals surface area contributed by atoms with Crippen molar-refractivity contribution in [2.45, 2.75) is 19.4 Å². The minimum atomic E-state index is -0.606. The Bertz CT molecular complexity index is 353. The predicted molar refractivity (Wildman–Crippen MR) is 50.4 cm³/mol. The highest BCUT2D eigenvalue weighted by Gasteiger charge is 2.15. The lowest BCUT2D eigenvalue weighted by Crippen LogP contribution is -2.18. The molecule has 0 fully saturated rings. The third kappa shape index (κ3) is 2.50. The van der Waals surface area contributed by atoms with Crippen molar-refractivity contribution in [2.75, 3.05) is 0 Å². The number of hydrogen-bond donors (Lipinski definition) is 1. The van der Waals surface area contributed by atoms with Gasteiger partial charge in [0.05, 0.1) is 11.0 Å². The fourth-order valence-corrected chi connectivity index (χ4v) is 1.23. The van der Waals surface area contributed by atoms with Crippen LogP contribution in [0.4, 0.5) is 10.1 Å². The standard InChI is InChI=1S/C9H11FN2O2/c1-6(11)4-7-2-3-8(10)5-9(7)12(13)14/h2-3,5-6H,4,11H2,1H3. The van der Waals surface area contributed by atoms with Gasteiger partial charge < -0.3 is 5.73 Å². The van der Waals surface area contributed by atoms with Crippen LogP contribution in [-0.2, 0) is 6.42 Å². The highest BCUT2D eigenvalue weighted by molar-refractivity contribution is 5.40. The van der Waals surface area contributed by atoms with Crippen molar-refractivity contribution < 1.29 is 9.31 Å². The van der Waals surface area contributed by atoms with E-state index in [9.17, 15) is 14.5 Å². The summed E-state index contributed by atoms with van der Waals surface area (Å²) in [7, 11) is 0. The summed E-state index contributed by atoms with van der Waals surface area (Å²) < 4.78 is 12.7. The summed E-state index contributed by atoms with van der Waals surface area (Å²) >= 11 is 0. The van der Waals surface area contributed by atoms with Crippen LogP contribution in [0, 0.1) is 15.9 Å². The lowest BCUT2D eigenvalue weighted by atomic mass is 10.1. The molecular formula is C9H11FN2O2. The third-order valence-electron chi connectivity index (χ3n) is 1.79. The molecule has 0 aliphatic carbocycles. The van der Waals surface area contributed by atoms with Gasteiger partial charge in [-0.2, -0.15) is 0 Å². The molecule has 1 aromatic rings. The van der Waals surface area contributed by atoms with Crippen LogP contribution in [0.25, 0.3) is 0 Å². The molecule has 4 nitrogen and oxygen atoms in total. The van der Waals surface area contributed by atoms with E-state index in [0.29, 0.717) is 12.0 Å². The fraction of sp³-hybridized carbons (Fsp3) is 0.333. The number of nitro benzene ring substituents is 1. The van der Waals surface area contributed by atoms with Gasteiger partial charge in [-0.05, 0) is 25.5 Å². The Balaban J connectivity index is 3.08. The normalized spacial score (nSPS) is 12.5. The molecule has 1 atom stereocenters. The van der Waals surface area contributed by atoms with E-state index >= 15 is 0 Å². The second-order valence-electron chi connectivity index (χ2n) is 3.21. The van der Waals surface area contributed by atoms with E-state index in [2.05, 4.69) is 0 Å². The monoisotopic (exact) mass is 198 g/mol. The maximum Gasteiger partial charge on any atom is 0.275 e. The van der Waals surface area contributed by atoms with Gasteiger partial charge in [0, 0.05) is 11.6 Å². The van der Waals surface area contributed by atoms with Crippen molar-refractivity contribution in [3.63, 3.8) is 0 Å². The van der Waals surface area contributed by atoms with Crippen LogP contribution in [0.5, 0.6) is 0 Å². The predicted octanol–water partition coefficient (Wildman–Crippen LogP) is 1.62. The average molecular weight is 198 g/mol. The molecule has 2 N–H and O–H groups in total. The van der Waals surface area contributed by atoms with E-state index in [4.69, 9.17) is 5.73 Å². The molecule has 0 spiro atoms. The van der Waals surface area contributed by atoms with Crippen LogP contribution in [0.15, 0.2) is 18.2 Å². The van der Waals surface area contributed by atoms with Gasteiger partial charge in [0.15, 0.2) is 0 Å². The van der Waals surface area contributed by atoms with E-state index in [1.807, 2.05) is 0 Å². The highest BCUT2D eigenvalue weighted by Crippen LogP contribution is 2.20. The van der Waals surface area contributed by atoms with E-state index in [1.165, 1.54) is 12.1 Å². The zero-order valence-electron chi connectivity index (χ0n) is 7.74. The topological polar surface area (TPSA) is 69.2 Å². The van der Waals surface area contributed by atoms with E-state index in [0.717, 1.165) is 6.07 Å². The molecule has 1 rings (SSSR count). The number of nitro groups is 1. The van der Waals surface area contributed by atoms with E-state index in [-0.39, 0.29) is 11.7 Å². The summed E-state index contributed by atoms with van der Waals surface area (Å²) in [5.74, 6) is -0.606. The lowest BCUT2D eigenvalue weighted by Gasteiger charge is -2.05. The van der Waals surface area contributed by atoms with Crippen molar-refractivity contribution in [3.8, 4) is 0 Å². The molecule has 0 aromatic heterocycles. The number of hydrogen-bond acceptors (Lipinski definition) is 3. The van der Waals surface area contributed by atoms with E-state index in [1.54, 1.807) is 6.92 Å². The zero-order chi connectivity index (χ0) is 10.7. The van der Waals surface area contributed by atoms with Crippen LogP contribution in [0.2, 0.25) is 0 Å². The summed E-state index contributed by atoms with van der Waals surface area (Å²) in [6.45, 7) is 1.74. The van der Waals surface area contributed by atoms with Gasteiger partial charge in [-0.25, -0.2) is 4.39 Å². The molecule has 0 aliphatic heterocycles. The van der Waals surface area contributed by atoms with Crippen LogP contribution < -0.4 is 5.73 Å². The van der Waals surface area contributed by atoms with Gasteiger partial charge in [0.2, 0.25) is 0 Å². The Morgan fingerprint density at radius 2 is 2.29 bits per heavy atom. The number of benzene rings is 1. The van der Waals surface area contributed by atoms with E-state index < -0.39 is 10.7 Å². The summed E-state index contributed by atoms with van der Waals surface area (Å²) in [5.41, 5.74) is 5.77. The SMILES string of the molecule is CC(N)Cc1ccc(F)cc1[N+](=O)[O-]. The lowest BCUT2D eigenvalue weighted by molar-refractivity contribution is -0.385. The van der Waals surface area contributed by atoms with Crippen molar-refractivity contribution in [1.82, 2.24) is 0 Å². The Morgan fingerprint density at radius 3 is 2.79 bits per heavy atom. The first-order chi connectivity index (χ1) is 6.50. The van der Waals surface area contributed by atoms with Crippen LogP contribution in [0.1, 0.15) is 12.5 Å². The molecule has 0 saturated heterocycles. The smallest absolute Gasteiger partial charge is 0.275 e. The number of nitrogens with two attached hydrogens (primary N) is 1. The first kappa shape index (κ1) is 10.6. The fourth-order valence-electron chi connectivity index (χ4n) is 1.23. The Kier molecular flexibility index (Phi) is 3.14. The third-order valence-corrected chi connectivity index (χ3v) is 1.79. The number of nitrogens with zero attached hydrogens (tertiary/aromatic N) is 1. The first-order valence-electron chi connectivity index (χ1n) is 4.19. The maximum atomic E-state index is 12.7. The Labute approximate surface area is 80.7 Å². The molecule has 0 radical (unpaired) electrons. The molecule has 0 heterocycles. The molecule has 0 aliphatic rings. The molecule has 5 heteroatoms. The summed E-state index contributed by atoms with van der Waals surface area (Å²) in [4.78, 5) is 9.96. The van der Waals surface area contributed by atoms with Crippen LogP contribution in [-0.4, -0.2) is 11.0 Å². The van der Waals surface area contributed by atoms with Gasteiger partial charge in [0.25, 0.3) is 5.69 Å². The second kappa shape index (κ2) is 4.15. The zero-order valence-corrected chi connectivity index (χ0v) is 7.74. The highest BCUT2D eigenvalue weighted by atomic mass is 19.1. The van der Waals surface area contributed by atoms with Crippen molar-refractivity contribution in [3.05, 3.63) is 39.7 Å². The Hall–Kier alpha value is -1.49. The molecule has 14 heavy (non-hydrogen) atoms. The summed E-state index contributed by atoms with van der Waals surface area (Å²) in [5, 5.41) is 10.6. The number of rotatable bonds is 3. The molecule has 0 saturated carbocycles. The molecule has 1 aromatic carbocycles. The summed E-state index contributed by atoms with van der Waals surface area (Å²) in [6.07, 6.45) is 0.372. The van der Waals surface area contributed by atoms with Crippen molar-refractivity contribution in [2.24, 2.45) is 5.73 Å². The van der Waals surface area contributed by atoms with Gasteiger partial charge in [0.1, 0.15) is 5.82 Å². The first-order valence-corrected chi connectivity index (χ1v) is 4.19. The minimum Gasteiger partial charge on any atom is -0.328 e. The van der Waals surface area contributed by atoms with Crippen molar-refractivity contribution in [1.29, 1.82) is 0 Å². The van der Waals surface area contributed by atoms with Crippen molar-refractivity contribution >= 4 is 5.69 Å². The molecule has 76 valence electrons. The molecule has 1 unspecified atom stereocenters. The number of halogens is 1. The van der Waals surface area contributed by atoms with Gasteiger partial charge >= 0.3 is 0 Å².